The van der Waals surface area contributed by atoms with Gasteiger partial charge in [-0.25, -0.2) is 4.98 Å². The molecule has 1 unspecified atom stereocenters. The summed E-state index contributed by atoms with van der Waals surface area (Å²) in [5.41, 5.74) is 0. The first-order chi connectivity index (χ1) is 8.00. The van der Waals surface area contributed by atoms with Crippen molar-refractivity contribution in [2.24, 2.45) is 5.92 Å². The number of imidazole rings is 1. The fourth-order valence-electron chi connectivity index (χ4n) is 1.43. The predicted octanol–water partition coefficient (Wildman–Crippen LogP) is 0.187. The van der Waals surface area contributed by atoms with Crippen molar-refractivity contribution >= 4 is 11.8 Å². The average Bonchev–Trinajstić information content (AvgIpc) is 2.74. The van der Waals surface area contributed by atoms with Crippen LogP contribution in [0.2, 0.25) is 0 Å². The molecule has 0 saturated heterocycles. The van der Waals surface area contributed by atoms with Gasteiger partial charge in [-0.15, -0.1) is 0 Å². The van der Waals surface area contributed by atoms with Crippen molar-refractivity contribution in [3.63, 3.8) is 0 Å². The van der Waals surface area contributed by atoms with Gasteiger partial charge in [-0.3, -0.25) is 9.59 Å². The van der Waals surface area contributed by atoms with Crippen molar-refractivity contribution in [1.82, 2.24) is 20.6 Å². The van der Waals surface area contributed by atoms with Crippen molar-refractivity contribution in [2.45, 2.75) is 33.4 Å². The SMILES string of the molecule is CC(=O)NC(C(=O)NCc1ncc[nH]1)C(C)C. The van der Waals surface area contributed by atoms with Crippen LogP contribution in [0.4, 0.5) is 0 Å². The summed E-state index contributed by atoms with van der Waals surface area (Å²) >= 11 is 0. The van der Waals surface area contributed by atoms with Crippen LogP contribution in [-0.4, -0.2) is 27.8 Å². The number of H-pyrrole nitrogens is 1. The van der Waals surface area contributed by atoms with Gasteiger partial charge in [0.25, 0.3) is 0 Å². The normalized spacial score (nSPS) is 12.2. The number of nitrogens with zero attached hydrogens (tertiary/aromatic N) is 1. The second kappa shape index (κ2) is 6.03. The molecule has 1 aromatic heterocycles. The molecule has 6 nitrogen and oxygen atoms in total. The standard InChI is InChI=1S/C11H18N4O2/c1-7(2)10(15-8(3)16)11(17)14-6-9-12-4-5-13-9/h4-5,7,10H,6H2,1-3H3,(H,12,13)(H,14,17)(H,15,16). The average molecular weight is 238 g/mol. The van der Waals surface area contributed by atoms with E-state index in [2.05, 4.69) is 20.6 Å². The third-order valence-corrected chi connectivity index (χ3v) is 2.29. The Hall–Kier alpha value is -1.85. The number of carbonyl (C=O) groups is 2. The lowest BCUT2D eigenvalue weighted by atomic mass is 10.0. The fourth-order valence-corrected chi connectivity index (χ4v) is 1.43. The molecule has 0 aliphatic carbocycles. The van der Waals surface area contributed by atoms with E-state index in [1.165, 1.54) is 6.92 Å². The summed E-state index contributed by atoms with van der Waals surface area (Å²) in [6, 6.07) is -0.512. The molecule has 0 spiro atoms. The van der Waals surface area contributed by atoms with E-state index in [-0.39, 0.29) is 17.7 Å². The molecule has 2 amide bonds. The second-order valence-corrected chi connectivity index (χ2v) is 4.18. The van der Waals surface area contributed by atoms with Crippen molar-refractivity contribution in [1.29, 1.82) is 0 Å². The Balaban J connectivity index is 2.50. The molecule has 0 radical (unpaired) electrons. The van der Waals surface area contributed by atoms with Crippen molar-refractivity contribution < 1.29 is 9.59 Å². The third kappa shape index (κ3) is 4.26. The van der Waals surface area contributed by atoms with E-state index in [4.69, 9.17) is 0 Å². The van der Waals surface area contributed by atoms with Crippen LogP contribution in [0, 0.1) is 5.92 Å². The Bertz CT molecular complexity index is 373. The molecular weight excluding hydrogens is 220 g/mol. The number of aromatic amines is 1. The van der Waals surface area contributed by atoms with Crippen LogP contribution in [-0.2, 0) is 16.1 Å². The molecule has 17 heavy (non-hydrogen) atoms. The number of hydrogen-bond donors (Lipinski definition) is 3. The third-order valence-electron chi connectivity index (χ3n) is 2.29. The second-order valence-electron chi connectivity index (χ2n) is 4.18. The minimum atomic E-state index is -0.512. The summed E-state index contributed by atoms with van der Waals surface area (Å²) in [4.78, 5) is 29.7. The predicted molar refractivity (Wildman–Crippen MR) is 62.9 cm³/mol. The van der Waals surface area contributed by atoms with Gasteiger partial charge in [-0.2, -0.15) is 0 Å². The van der Waals surface area contributed by atoms with Crippen molar-refractivity contribution in [3.05, 3.63) is 18.2 Å². The summed E-state index contributed by atoms with van der Waals surface area (Å²) in [5, 5.41) is 5.35. The van der Waals surface area contributed by atoms with Gasteiger partial charge >= 0.3 is 0 Å². The highest BCUT2D eigenvalue weighted by Gasteiger charge is 2.22. The zero-order valence-electron chi connectivity index (χ0n) is 10.3. The molecule has 1 atom stereocenters. The molecule has 0 saturated carbocycles. The molecule has 1 aromatic rings. The Labute approximate surface area is 100 Å². The highest BCUT2D eigenvalue weighted by Crippen LogP contribution is 2.02. The van der Waals surface area contributed by atoms with Gasteiger partial charge in [0, 0.05) is 19.3 Å². The van der Waals surface area contributed by atoms with E-state index >= 15 is 0 Å². The Morgan fingerprint density at radius 3 is 2.65 bits per heavy atom. The Morgan fingerprint density at radius 1 is 1.47 bits per heavy atom. The molecule has 0 aliphatic rings. The molecule has 0 fully saturated rings. The number of amides is 2. The number of hydrogen-bond acceptors (Lipinski definition) is 3. The number of carbonyl (C=O) groups excluding carboxylic acids is 2. The Kier molecular flexibility index (Phi) is 4.68. The van der Waals surface area contributed by atoms with Crippen LogP contribution in [0.1, 0.15) is 26.6 Å². The molecule has 0 aromatic carbocycles. The number of nitrogens with one attached hydrogen (secondary N) is 3. The molecule has 94 valence electrons. The zero-order valence-corrected chi connectivity index (χ0v) is 10.3. The summed E-state index contributed by atoms with van der Waals surface area (Å²) in [5.74, 6) is 0.308. The molecule has 0 bridgehead atoms. The van der Waals surface area contributed by atoms with Gasteiger partial charge < -0.3 is 15.6 Å². The highest BCUT2D eigenvalue weighted by atomic mass is 16.2. The maximum absolute atomic E-state index is 11.8. The van der Waals surface area contributed by atoms with E-state index in [1.54, 1.807) is 12.4 Å². The topological polar surface area (TPSA) is 86.9 Å². The van der Waals surface area contributed by atoms with Gasteiger partial charge in [0.15, 0.2) is 0 Å². The van der Waals surface area contributed by atoms with Crippen LogP contribution in [0.25, 0.3) is 0 Å². The molecule has 0 aliphatic heterocycles. The van der Waals surface area contributed by atoms with Crippen molar-refractivity contribution in [3.8, 4) is 0 Å². The first kappa shape index (κ1) is 13.2. The largest absolute Gasteiger partial charge is 0.347 e. The minimum Gasteiger partial charge on any atom is -0.347 e. The first-order valence-corrected chi connectivity index (χ1v) is 5.53. The van der Waals surface area contributed by atoms with E-state index in [1.807, 2.05) is 13.8 Å². The van der Waals surface area contributed by atoms with E-state index in [0.717, 1.165) is 0 Å². The van der Waals surface area contributed by atoms with Crippen LogP contribution in [0.15, 0.2) is 12.4 Å². The lowest BCUT2D eigenvalue weighted by molar-refractivity contribution is -0.129. The molecule has 6 heteroatoms. The van der Waals surface area contributed by atoms with Crippen LogP contribution in [0.3, 0.4) is 0 Å². The summed E-state index contributed by atoms with van der Waals surface area (Å²) in [7, 11) is 0. The highest BCUT2D eigenvalue weighted by molar-refractivity contribution is 5.86. The van der Waals surface area contributed by atoms with Gasteiger partial charge in [0.05, 0.1) is 6.54 Å². The smallest absolute Gasteiger partial charge is 0.243 e. The molecular formula is C11H18N4O2. The maximum atomic E-state index is 11.8. The minimum absolute atomic E-state index is 0.0375. The van der Waals surface area contributed by atoms with Gasteiger partial charge in [0.2, 0.25) is 11.8 Å². The lowest BCUT2D eigenvalue weighted by Gasteiger charge is -2.20. The maximum Gasteiger partial charge on any atom is 0.243 e. The summed E-state index contributed by atoms with van der Waals surface area (Å²) < 4.78 is 0. The zero-order chi connectivity index (χ0) is 12.8. The van der Waals surface area contributed by atoms with E-state index in [9.17, 15) is 9.59 Å². The number of rotatable bonds is 5. The van der Waals surface area contributed by atoms with Gasteiger partial charge in [0.1, 0.15) is 11.9 Å². The Morgan fingerprint density at radius 2 is 2.18 bits per heavy atom. The first-order valence-electron chi connectivity index (χ1n) is 5.53. The fraction of sp³-hybridized carbons (Fsp3) is 0.545. The van der Waals surface area contributed by atoms with E-state index < -0.39 is 6.04 Å². The summed E-state index contributed by atoms with van der Waals surface area (Å²) in [6.07, 6.45) is 3.31. The number of aromatic nitrogens is 2. The quantitative estimate of drug-likeness (QED) is 0.684. The van der Waals surface area contributed by atoms with Crippen LogP contribution < -0.4 is 10.6 Å². The van der Waals surface area contributed by atoms with Gasteiger partial charge in [-0.1, -0.05) is 13.8 Å². The molecule has 3 N–H and O–H groups in total. The van der Waals surface area contributed by atoms with E-state index in [0.29, 0.717) is 12.4 Å². The monoisotopic (exact) mass is 238 g/mol. The molecule has 1 rings (SSSR count). The van der Waals surface area contributed by atoms with Crippen molar-refractivity contribution in [2.75, 3.05) is 0 Å². The molecule has 1 heterocycles. The lowest BCUT2D eigenvalue weighted by Crippen LogP contribution is -2.48. The van der Waals surface area contributed by atoms with Crippen LogP contribution >= 0.6 is 0 Å². The summed E-state index contributed by atoms with van der Waals surface area (Å²) in [6.45, 7) is 5.49. The van der Waals surface area contributed by atoms with Crippen LogP contribution in [0.5, 0.6) is 0 Å². The van der Waals surface area contributed by atoms with Gasteiger partial charge in [-0.05, 0) is 5.92 Å².